The number of nitrogens with zero attached hydrogens (tertiary/aromatic N) is 3. The van der Waals surface area contributed by atoms with Crippen LogP contribution in [0.25, 0.3) is 22.4 Å². The van der Waals surface area contributed by atoms with Gasteiger partial charge in [0.15, 0.2) is 0 Å². The quantitative estimate of drug-likeness (QED) is 0.494. The number of halogens is 3. The maximum absolute atomic E-state index is 12.8. The van der Waals surface area contributed by atoms with Crippen molar-refractivity contribution in [2.45, 2.75) is 26.4 Å². The third-order valence-electron chi connectivity index (χ3n) is 4.67. The summed E-state index contributed by atoms with van der Waals surface area (Å²) in [5, 5.41) is 6.31. The highest BCUT2D eigenvalue weighted by Gasteiger charge is 2.35. The molecule has 1 aromatic heterocycles. The first-order valence-electron chi connectivity index (χ1n) is 8.51. The Morgan fingerprint density at radius 1 is 1.00 bits per heavy atom. The topological polar surface area (TPSA) is 38.1 Å². The monoisotopic (exact) mass is 419 g/mol. The standard InChI is InChI=1S/C20H16Cl3N3O/c1-11(2)25-10-17-18(12-3-5-13(21)6-4-12)19(24-26(17)20(25)27)15-8-7-14(22)9-16(15)23/h3-9,11H,10H2,1-2H3. The molecule has 0 fully saturated rings. The van der Waals surface area contributed by atoms with E-state index in [1.807, 2.05) is 44.2 Å². The van der Waals surface area contributed by atoms with Gasteiger partial charge in [-0.3, -0.25) is 0 Å². The summed E-state index contributed by atoms with van der Waals surface area (Å²) in [6.07, 6.45) is 0. The number of benzene rings is 2. The molecule has 0 saturated carbocycles. The van der Waals surface area contributed by atoms with Gasteiger partial charge in [0.05, 0.1) is 17.3 Å². The molecule has 1 aliphatic heterocycles. The van der Waals surface area contributed by atoms with Crippen LogP contribution in [-0.2, 0) is 6.54 Å². The third kappa shape index (κ3) is 3.12. The highest BCUT2D eigenvalue weighted by molar-refractivity contribution is 6.36. The molecule has 0 radical (unpaired) electrons. The molecule has 27 heavy (non-hydrogen) atoms. The zero-order chi connectivity index (χ0) is 19.3. The molecule has 2 aromatic carbocycles. The Bertz CT molecular complexity index is 1040. The van der Waals surface area contributed by atoms with Crippen LogP contribution in [0.5, 0.6) is 0 Å². The van der Waals surface area contributed by atoms with Gasteiger partial charge >= 0.3 is 6.03 Å². The fourth-order valence-corrected chi connectivity index (χ4v) is 3.93. The van der Waals surface area contributed by atoms with E-state index in [1.165, 1.54) is 4.68 Å². The number of aromatic nitrogens is 2. The smallest absolute Gasteiger partial charge is 0.314 e. The molecule has 0 saturated heterocycles. The highest BCUT2D eigenvalue weighted by atomic mass is 35.5. The van der Waals surface area contributed by atoms with Gasteiger partial charge in [-0.15, -0.1) is 0 Å². The number of fused-ring (bicyclic) bond motifs is 1. The van der Waals surface area contributed by atoms with Crippen LogP contribution in [0.2, 0.25) is 15.1 Å². The minimum Gasteiger partial charge on any atom is -0.314 e. The van der Waals surface area contributed by atoms with Crippen molar-refractivity contribution >= 4 is 40.8 Å². The van der Waals surface area contributed by atoms with Crippen molar-refractivity contribution in [3.8, 4) is 22.4 Å². The minimum atomic E-state index is -0.133. The Morgan fingerprint density at radius 3 is 2.30 bits per heavy atom. The molecule has 2 heterocycles. The SMILES string of the molecule is CC(C)N1Cc2c(-c3ccc(Cl)cc3)c(-c3ccc(Cl)cc3Cl)nn2C1=O. The summed E-state index contributed by atoms with van der Waals surface area (Å²) in [6, 6.07) is 12.7. The second-order valence-electron chi connectivity index (χ2n) is 6.72. The number of amides is 1. The molecule has 0 bridgehead atoms. The van der Waals surface area contributed by atoms with Crippen LogP contribution < -0.4 is 0 Å². The first-order chi connectivity index (χ1) is 12.9. The molecule has 138 valence electrons. The van der Waals surface area contributed by atoms with Crippen LogP contribution in [0, 0.1) is 0 Å². The lowest BCUT2D eigenvalue weighted by Gasteiger charge is -2.19. The predicted molar refractivity (Wildman–Crippen MR) is 110 cm³/mol. The van der Waals surface area contributed by atoms with E-state index in [9.17, 15) is 4.79 Å². The van der Waals surface area contributed by atoms with Crippen LogP contribution in [-0.4, -0.2) is 26.8 Å². The van der Waals surface area contributed by atoms with Crippen LogP contribution in [0.3, 0.4) is 0 Å². The average molecular weight is 421 g/mol. The third-order valence-corrected chi connectivity index (χ3v) is 5.47. The van der Waals surface area contributed by atoms with Gasteiger partial charge in [-0.05, 0) is 49.7 Å². The van der Waals surface area contributed by atoms with E-state index in [0.29, 0.717) is 27.3 Å². The lowest BCUT2D eigenvalue weighted by molar-refractivity contribution is 0.193. The normalized spacial score (nSPS) is 13.6. The van der Waals surface area contributed by atoms with Crippen molar-refractivity contribution in [3.63, 3.8) is 0 Å². The summed E-state index contributed by atoms with van der Waals surface area (Å²) in [4.78, 5) is 14.6. The summed E-state index contributed by atoms with van der Waals surface area (Å²) in [5.41, 5.74) is 4.05. The molecule has 3 aromatic rings. The molecule has 0 spiro atoms. The van der Waals surface area contributed by atoms with Gasteiger partial charge in [-0.2, -0.15) is 9.78 Å². The van der Waals surface area contributed by atoms with E-state index < -0.39 is 0 Å². The van der Waals surface area contributed by atoms with Crippen molar-refractivity contribution in [1.29, 1.82) is 0 Å². The molecule has 0 aliphatic carbocycles. The Kier molecular flexibility index (Phi) is 4.66. The van der Waals surface area contributed by atoms with Crippen LogP contribution in [0.1, 0.15) is 19.5 Å². The second kappa shape index (κ2) is 6.86. The fraction of sp³-hybridized carbons (Fsp3) is 0.200. The number of carbonyl (C=O) groups is 1. The van der Waals surface area contributed by atoms with Gasteiger partial charge in [0.1, 0.15) is 5.69 Å². The summed E-state index contributed by atoms with van der Waals surface area (Å²) in [6.45, 7) is 4.47. The molecule has 1 amide bonds. The molecule has 1 aliphatic rings. The van der Waals surface area contributed by atoms with E-state index in [-0.39, 0.29) is 12.1 Å². The van der Waals surface area contributed by atoms with Crippen molar-refractivity contribution in [3.05, 3.63) is 63.2 Å². The lowest BCUT2D eigenvalue weighted by atomic mass is 9.98. The van der Waals surface area contributed by atoms with Gasteiger partial charge in [-0.1, -0.05) is 46.9 Å². The number of hydrogen-bond acceptors (Lipinski definition) is 2. The molecule has 0 N–H and O–H groups in total. The van der Waals surface area contributed by atoms with E-state index in [1.54, 1.807) is 17.0 Å². The van der Waals surface area contributed by atoms with E-state index in [2.05, 4.69) is 5.10 Å². The Morgan fingerprint density at radius 2 is 1.67 bits per heavy atom. The second-order valence-corrected chi connectivity index (χ2v) is 8.00. The highest BCUT2D eigenvalue weighted by Crippen LogP contribution is 2.41. The Labute approximate surface area is 172 Å². The molecule has 0 unspecified atom stereocenters. The van der Waals surface area contributed by atoms with Crippen molar-refractivity contribution < 1.29 is 4.79 Å². The maximum Gasteiger partial charge on any atom is 0.345 e. The Balaban J connectivity index is 1.95. The Hall–Kier alpha value is -2.01. The summed E-state index contributed by atoms with van der Waals surface area (Å²) < 4.78 is 1.48. The zero-order valence-corrected chi connectivity index (χ0v) is 17.0. The number of hydrogen-bond donors (Lipinski definition) is 0. The number of rotatable bonds is 3. The fourth-order valence-electron chi connectivity index (χ4n) is 3.30. The van der Waals surface area contributed by atoms with Gasteiger partial charge < -0.3 is 4.90 Å². The van der Waals surface area contributed by atoms with Gasteiger partial charge in [0.2, 0.25) is 0 Å². The van der Waals surface area contributed by atoms with Gasteiger partial charge in [0, 0.05) is 27.2 Å². The molecular formula is C20H16Cl3N3O. The van der Waals surface area contributed by atoms with E-state index in [4.69, 9.17) is 34.8 Å². The summed E-state index contributed by atoms with van der Waals surface area (Å²) in [5.74, 6) is 0. The van der Waals surface area contributed by atoms with E-state index >= 15 is 0 Å². The average Bonchev–Trinajstić information content (AvgIpc) is 3.13. The predicted octanol–water partition coefficient (Wildman–Crippen LogP) is 6.37. The van der Waals surface area contributed by atoms with Crippen molar-refractivity contribution in [2.75, 3.05) is 0 Å². The van der Waals surface area contributed by atoms with E-state index in [0.717, 1.165) is 22.4 Å². The minimum absolute atomic E-state index is 0.0832. The molecule has 4 rings (SSSR count). The summed E-state index contributed by atoms with van der Waals surface area (Å²) >= 11 is 18.5. The lowest BCUT2D eigenvalue weighted by Crippen LogP contribution is -2.33. The first kappa shape index (κ1) is 18.4. The van der Waals surface area contributed by atoms with Gasteiger partial charge in [-0.25, -0.2) is 4.79 Å². The van der Waals surface area contributed by atoms with Crippen LogP contribution in [0.4, 0.5) is 4.79 Å². The molecule has 4 nitrogen and oxygen atoms in total. The molecule has 7 heteroatoms. The maximum atomic E-state index is 12.8. The van der Waals surface area contributed by atoms with Gasteiger partial charge in [0.25, 0.3) is 0 Å². The van der Waals surface area contributed by atoms with Crippen molar-refractivity contribution in [2.24, 2.45) is 0 Å². The zero-order valence-electron chi connectivity index (χ0n) is 14.7. The number of carbonyl (C=O) groups excluding carboxylic acids is 1. The molecular weight excluding hydrogens is 405 g/mol. The van der Waals surface area contributed by atoms with Crippen molar-refractivity contribution in [1.82, 2.24) is 14.7 Å². The molecule has 0 atom stereocenters. The summed E-state index contributed by atoms with van der Waals surface area (Å²) in [7, 11) is 0. The largest absolute Gasteiger partial charge is 0.345 e. The van der Waals surface area contributed by atoms with Crippen LogP contribution >= 0.6 is 34.8 Å². The first-order valence-corrected chi connectivity index (χ1v) is 9.64. The van der Waals surface area contributed by atoms with Crippen LogP contribution in [0.15, 0.2) is 42.5 Å².